The third-order valence-corrected chi connectivity index (χ3v) is 2.92. The summed E-state index contributed by atoms with van der Waals surface area (Å²) >= 11 is 0. The molecule has 0 atom stereocenters. The monoisotopic (exact) mass is 235 g/mol. The summed E-state index contributed by atoms with van der Waals surface area (Å²) in [7, 11) is 0. The molecule has 17 heavy (non-hydrogen) atoms. The van der Waals surface area contributed by atoms with Crippen molar-refractivity contribution in [1.82, 2.24) is 0 Å². The maximum absolute atomic E-state index is 11.6. The van der Waals surface area contributed by atoms with Crippen LogP contribution in [0.25, 0.3) is 0 Å². The standard InChI is InChI=1S/C12H13NO4/c13-8-12(2-5-15-6-3-12)9-17-11(14)10-1-4-16-7-10/h1,4,7H,2-3,5-6,9H2. The van der Waals surface area contributed by atoms with Gasteiger partial charge in [0, 0.05) is 13.2 Å². The Morgan fingerprint density at radius 2 is 2.29 bits per heavy atom. The van der Waals surface area contributed by atoms with Crippen molar-refractivity contribution in [3.8, 4) is 6.07 Å². The molecule has 0 unspecified atom stereocenters. The zero-order valence-corrected chi connectivity index (χ0v) is 9.35. The summed E-state index contributed by atoms with van der Waals surface area (Å²) in [6.07, 6.45) is 3.93. The van der Waals surface area contributed by atoms with Crippen LogP contribution in [0.2, 0.25) is 0 Å². The fraction of sp³-hybridized carbons (Fsp3) is 0.500. The molecule has 1 fully saturated rings. The Morgan fingerprint density at radius 1 is 1.53 bits per heavy atom. The molecule has 0 amide bonds. The fourth-order valence-corrected chi connectivity index (χ4v) is 1.72. The lowest BCUT2D eigenvalue weighted by atomic mass is 9.83. The van der Waals surface area contributed by atoms with Crippen LogP contribution in [0.1, 0.15) is 23.2 Å². The van der Waals surface area contributed by atoms with Crippen molar-refractivity contribution < 1.29 is 18.7 Å². The topological polar surface area (TPSA) is 72.5 Å². The highest BCUT2D eigenvalue weighted by molar-refractivity contribution is 5.88. The predicted molar refractivity (Wildman–Crippen MR) is 57.1 cm³/mol. The van der Waals surface area contributed by atoms with Gasteiger partial charge in [-0.05, 0) is 18.9 Å². The van der Waals surface area contributed by atoms with Gasteiger partial charge in [-0.25, -0.2) is 4.79 Å². The Hall–Kier alpha value is -1.80. The first-order valence-corrected chi connectivity index (χ1v) is 5.44. The maximum atomic E-state index is 11.6. The minimum atomic E-state index is -0.600. The third kappa shape index (κ3) is 2.66. The van der Waals surface area contributed by atoms with E-state index in [9.17, 15) is 4.79 Å². The number of hydrogen-bond donors (Lipinski definition) is 0. The molecule has 2 rings (SSSR count). The lowest BCUT2D eigenvalue weighted by molar-refractivity contribution is -0.00469. The quantitative estimate of drug-likeness (QED) is 0.746. The van der Waals surface area contributed by atoms with Crippen LogP contribution in [0.4, 0.5) is 0 Å². The van der Waals surface area contributed by atoms with Gasteiger partial charge in [0.05, 0.1) is 23.3 Å². The van der Waals surface area contributed by atoms with Crippen LogP contribution in [0.3, 0.4) is 0 Å². The van der Waals surface area contributed by atoms with Gasteiger partial charge in [-0.2, -0.15) is 5.26 Å². The average Bonchev–Trinajstić information content (AvgIpc) is 2.91. The SMILES string of the molecule is N#CC1(COC(=O)c2ccoc2)CCOCC1. The summed E-state index contributed by atoms with van der Waals surface area (Å²) in [5, 5.41) is 9.17. The van der Waals surface area contributed by atoms with Gasteiger partial charge in [-0.1, -0.05) is 0 Å². The highest BCUT2D eigenvalue weighted by Crippen LogP contribution is 2.30. The van der Waals surface area contributed by atoms with E-state index >= 15 is 0 Å². The van der Waals surface area contributed by atoms with Gasteiger partial charge in [-0.3, -0.25) is 0 Å². The second-order valence-corrected chi connectivity index (χ2v) is 4.09. The first-order valence-electron chi connectivity index (χ1n) is 5.44. The van der Waals surface area contributed by atoms with Crippen molar-refractivity contribution in [2.24, 2.45) is 5.41 Å². The molecular formula is C12H13NO4. The van der Waals surface area contributed by atoms with Gasteiger partial charge in [-0.15, -0.1) is 0 Å². The van der Waals surface area contributed by atoms with E-state index in [1.54, 1.807) is 0 Å². The molecule has 90 valence electrons. The number of esters is 1. The summed E-state index contributed by atoms with van der Waals surface area (Å²) in [6.45, 7) is 1.19. The number of furan rings is 1. The third-order valence-electron chi connectivity index (χ3n) is 2.92. The average molecular weight is 235 g/mol. The van der Waals surface area contributed by atoms with E-state index in [0.29, 0.717) is 31.6 Å². The maximum Gasteiger partial charge on any atom is 0.341 e. The summed E-state index contributed by atoms with van der Waals surface area (Å²) in [5.41, 5.74) is -0.234. The van der Waals surface area contributed by atoms with Crippen molar-refractivity contribution in [1.29, 1.82) is 5.26 Å². The minimum Gasteiger partial charge on any atom is -0.472 e. The van der Waals surface area contributed by atoms with Crippen LogP contribution in [0.15, 0.2) is 23.0 Å². The number of ether oxygens (including phenoxy) is 2. The molecule has 0 N–H and O–H groups in total. The van der Waals surface area contributed by atoms with Crippen LogP contribution in [0, 0.1) is 16.7 Å². The van der Waals surface area contributed by atoms with E-state index in [-0.39, 0.29) is 6.61 Å². The number of nitriles is 1. The zero-order chi connectivity index (χ0) is 12.1. The smallest absolute Gasteiger partial charge is 0.341 e. The second-order valence-electron chi connectivity index (χ2n) is 4.09. The summed E-state index contributed by atoms with van der Waals surface area (Å²) in [5.74, 6) is -0.458. The summed E-state index contributed by atoms with van der Waals surface area (Å²) in [4.78, 5) is 11.6. The minimum absolute atomic E-state index is 0.108. The molecule has 1 aromatic heterocycles. The number of rotatable bonds is 3. The second kappa shape index (κ2) is 5.02. The Labute approximate surface area is 98.9 Å². The van der Waals surface area contributed by atoms with E-state index in [2.05, 4.69) is 6.07 Å². The fourth-order valence-electron chi connectivity index (χ4n) is 1.72. The van der Waals surface area contributed by atoms with Crippen LogP contribution in [0.5, 0.6) is 0 Å². The molecule has 5 heteroatoms. The van der Waals surface area contributed by atoms with E-state index < -0.39 is 11.4 Å². The predicted octanol–water partition coefficient (Wildman–Crippen LogP) is 1.76. The van der Waals surface area contributed by atoms with Crippen LogP contribution in [-0.2, 0) is 9.47 Å². The largest absolute Gasteiger partial charge is 0.472 e. The van der Waals surface area contributed by atoms with Crippen LogP contribution >= 0.6 is 0 Å². The Balaban J connectivity index is 1.92. The highest BCUT2D eigenvalue weighted by atomic mass is 16.5. The first-order chi connectivity index (χ1) is 8.26. The molecule has 1 saturated heterocycles. The highest BCUT2D eigenvalue weighted by Gasteiger charge is 2.34. The molecule has 0 bridgehead atoms. The normalized spacial score (nSPS) is 18.3. The van der Waals surface area contributed by atoms with Crippen molar-refractivity contribution in [2.45, 2.75) is 12.8 Å². The lowest BCUT2D eigenvalue weighted by Crippen LogP contribution is -2.33. The van der Waals surface area contributed by atoms with Crippen molar-refractivity contribution in [3.63, 3.8) is 0 Å². The number of nitrogens with zero attached hydrogens (tertiary/aromatic N) is 1. The van der Waals surface area contributed by atoms with E-state index in [0.717, 1.165) is 0 Å². The summed E-state index contributed by atoms with van der Waals surface area (Å²) < 4.78 is 15.1. The van der Waals surface area contributed by atoms with E-state index in [1.807, 2.05) is 0 Å². The van der Waals surface area contributed by atoms with E-state index in [1.165, 1.54) is 18.6 Å². The van der Waals surface area contributed by atoms with Crippen LogP contribution in [-0.4, -0.2) is 25.8 Å². The van der Waals surface area contributed by atoms with Gasteiger partial charge in [0.25, 0.3) is 0 Å². The molecular weight excluding hydrogens is 222 g/mol. The summed E-state index contributed by atoms with van der Waals surface area (Å²) in [6, 6.07) is 3.77. The molecule has 1 aliphatic rings. The lowest BCUT2D eigenvalue weighted by Gasteiger charge is -2.29. The zero-order valence-electron chi connectivity index (χ0n) is 9.35. The van der Waals surface area contributed by atoms with Crippen LogP contribution < -0.4 is 0 Å². The van der Waals surface area contributed by atoms with Gasteiger partial charge in [0.15, 0.2) is 0 Å². The first kappa shape index (κ1) is 11.7. The van der Waals surface area contributed by atoms with Gasteiger partial charge in [0.1, 0.15) is 12.9 Å². The molecule has 5 nitrogen and oxygen atoms in total. The van der Waals surface area contributed by atoms with E-state index in [4.69, 9.17) is 19.2 Å². The number of carbonyl (C=O) groups excluding carboxylic acids is 1. The molecule has 0 radical (unpaired) electrons. The van der Waals surface area contributed by atoms with Gasteiger partial charge < -0.3 is 13.9 Å². The molecule has 0 saturated carbocycles. The van der Waals surface area contributed by atoms with Crippen molar-refractivity contribution >= 4 is 5.97 Å². The van der Waals surface area contributed by atoms with Gasteiger partial charge >= 0.3 is 5.97 Å². The molecule has 0 spiro atoms. The number of carbonyl (C=O) groups is 1. The molecule has 0 aliphatic carbocycles. The van der Waals surface area contributed by atoms with Crippen molar-refractivity contribution in [3.05, 3.63) is 24.2 Å². The van der Waals surface area contributed by atoms with Gasteiger partial charge in [0.2, 0.25) is 0 Å². The molecule has 2 heterocycles. The Kier molecular flexibility index (Phi) is 3.45. The molecule has 1 aromatic rings. The molecule has 1 aliphatic heterocycles. The molecule has 0 aromatic carbocycles. The number of hydrogen-bond acceptors (Lipinski definition) is 5. The van der Waals surface area contributed by atoms with Crippen molar-refractivity contribution in [2.75, 3.05) is 19.8 Å². The Bertz CT molecular complexity index is 412. The Morgan fingerprint density at radius 3 is 2.88 bits per heavy atom.